The van der Waals surface area contributed by atoms with Crippen molar-refractivity contribution in [3.05, 3.63) is 71.2 Å². The predicted octanol–water partition coefficient (Wildman–Crippen LogP) is 4.05. The third-order valence-corrected chi connectivity index (χ3v) is 4.61. The van der Waals surface area contributed by atoms with Crippen LogP contribution in [0.5, 0.6) is 0 Å². The molecule has 0 spiro atoms. The summed E-state index contributed by atoms with van der Waals surface area (Å²) in [4.78, 5) is 15.4. The highest BCUT2D eigenvalue weighted by molar-refractivity contribution is 6.31. The van der Waals surface area contributed by atoms with Gasteiger partial charge in [0.2, 0.25) is 11.8 Å². The minimum atomic E-state index is 0.0902. The maximum absolute atomic E-state index is 6.22. The fourth-order valence-corrected chi connectivity index (χ4v) is 3.29. The number of oxazole rings is 1. The predicted molar refractivity (Wildman–Crippen MR) is 92.1 cm³/mol. The molecule has 3 heterocycles. The standard InChI is InChI=1S/C18H17ClN4O/c19-15-6-2-1-5-13(15)11-14-12-22-17(24-14)16-7-3-10-23(16)18-20-8-4-9-21-18/h1-2,4-6,8-9,12,16H,3,7,10-11H2/t16-/m0/s1. The molecule has 4 rings (SSSR count). The number of nitrogens with zero attached hydrogens (tertiary/aromatic N) is 4. The highest BCUT2D eigenvalue weighted by Gasteiger charge is 2.31. The van der Waals surface area contributed by atoms with Crippen molar-refractivity contribution in [3.63, 3.8) is 0 Å². The fourth-order valence-electron chi connectivity index (χ4n) is 3.09. The van der Waals surface area contributed by atoms with E-state index >= 15 is 0 Å². The van der Waals surface area contributed by atoms with Crippen LogP contribution in [0, 0.1) is 0 Å². The molecular weight excluding hydrogens is 324 g/mol. The highest BCUT2D eigenvalue weighted by atomic mass is 35.5. The van der Waals surface area contributed by atoms with Gasteiger partial charge in [0.15, 0.2) is 0 Å². The Morgan fingerprint density at radius 3 is 2.79 bits per heavy atom. The summed E-state index contributed by atoms with van der Waals surface area (Å²) in [6, 6.07) is 9.70. The number of rotatable bonds is 4. The lowest BCUT2D eigenvalue weighted by Crippen LogP contribution is -2.24. The molecule has 1 saturated heterocycles. The van der Waals surface area contributed by atoms with Gasteiger partial charge >= 0.3 is 0 Å². The molecular formula is C18H17ClN4O. The molecule has 3 aromatic rings. The fraction of sp³-hybridized carbons (Fsp3) is 0.278. The average Bonchev–Trinajstić information content (AvgIpc) is 3.27. The van der Waals surface area contributed by atoms with Crippen LogP contribution < -0.4 is 4.90 Å². The van der Waals surface area contributed by atoms with Crippen LogP contribution in [0.15, 0.2) is 53.3 Å². The summed E-state index contributed by atoms with van der Waals surface area (Å²) in [7, 11) is 0. The van der Waals surface area contributed by atoms with E-state index in [2.05, 4.69) is 19.9 Å². The Kier molecular flexibility index (Phi) is 4.17. The lowest BCUT2D eigenvalue weighted by atomic mass is 10.1. The summed E-state index contributed by atoms with van der Waals surface area (Å²) in [5.41, 5.74) is 1.04. The molecule has 1 aliphatic rings. The monoisotopic (exact) mass is 340 g/mol. The maximum atomic E-state index is 6.22. The molecule has 0 radical (unpaired) electrons. The van der Waals surface area contributed by atoms with Crippen molar-refractivity contribution in [1.29, 1.82) is 0 Å². The van der Waals surface area contributed by atoms with Gasteiger partial charge in [0.25, 0.3) is 0 Å². The van der Waals surface area contributed by atoms with Crippen molar-refractivity contribution in [2.45, 2.75) is 25.3 Å². The van der Waals surface area contributed by atoms with Crippen LogP contribution in [0.1, 0.15) is 36.1 Å². The molecule has 0 aliphatic carbocycles. The SMILES string of the molecule is Clc1ccccc1Cc1cnc([C@@H]2CCCN2c2ncccn2)o1. The molecule has 24 heavy (non-hydrogen) atoms. The van der Waals surface area contributed by atoms with Gasteiger partial charge in [0, 0.05) is 30.4 Å². The van der Waals surface area contributed by atoms with E-state index in [0.29, 0.717) is 6.42 Å². The Morgan fingerprint density at radius 2 is 1.96 bits per heavy atom. The first kappa shape index (κ1) is 15.1. The van der Waals surface area contributed by atoms with Gasteiger partial charge in [-0.1, -0.05) is 29.8 Å². The van der Waals surface area contributed by atoms with Gasteiger partial charge in [-0.2, -0.15) is 0 Å². The second kappa shape index (κ2) is 6.61. The van der Waals surface area contributed by atoms with Crippen molar-refractivity contribution in [1.82, 2.24) is 15.0 Å². The van der Waals surface area contributed by atoms with Crippen molar-refractivity contribution >= 4 is 17.5 Å². The van der Waals surface area contributed by atoms with Crippen molar-refractivity contribution in [3.8, 4) is 0 Å². The van der Waals surface area contributed by atoms with Gasteiger partial charge in [-0.05, 0) is 30.5 Å². The van der Waals surface area contributed by atoms with Crippen molar-refractivity contribution in [2.75, 3.05) is 11.4 Å². The Morgan fingerprint density at radius 1 is 1.12 bits per heavy atom. The zero-order valence-electron chi connectivity index (χ0n) is 13.1. The first-order chi connectivity index (χ1) is 11.8. The van der Waals surface area contributed by atoms with E-state index < -0.39 is 0 Å². The van der Waals surface area contributed by atoms with Crippen LogP contribution in [0.2, 0.25) is 5.02 Å². The summed E-state index contributed by atoms with van der Waals surface area (Å²) in [6.07, 6.45) is 8.02. The van der Waals surface area contributed by atoms with E-state index in [9.17, 15) is 0 Å². The number of aromatic nitrogens is 3. The molecule has 0 bridgehead atoms. The first-order valence-corrected chi connectivity index (χ1v) is 8.41. The molecule has 5 nitrogen and oxygen atoms in total. The minimum absolute atomic E-state index is 0.0902. The van der Waals surface area contributed by atoms with Gasteiger partial charge in [-0.25, -0.2) is 15.0 Å². The molecule has 0 unspecified atom stereocenters. The Balaban J connectivity index is 1.55. The number of hydrogen-bond acceptors (Lipinski definition) is 5. The molecule has 2 aromatic heterocycles. The number of anilines is 1. The topological polar surface area (TPSA) is 55.1 Å². The number of hydrogen-bond donors (Lipinski definition) is 0. The molecule has 1 aromatic carbocycles. The smallest absolute Gasteiger partial charge is 0.225 e. The molecule has 1 fully saturated rings. The van der Waals surface area contributed by atoms with Crippen LogP contribution in [0.25, 0.3) is 0 Å². The zero-order valence-corrected chi connectivity index (χ0v) is 13.9. The summed E-state index contributed by atoms with van der Waals surface area (Å²) < 4.78 is 6.01. The Labute approximate surface area is 145 Å². The quantitative estimate of drug-likeness (QED) is 0.717. The average molecular weight is 341 g/mol. The second-order valence-corrected chi connectivity index (χ2v) is 6.24. The van der Waals surface area contributed by atoms with Gasteiger partial charge in [-0.15, -0.1) is 0 Å². The highest BCUT2D eigenvalue weighted by Crippen LogP contribution is 2.34. The van der Waals surface area contributed by atoms with E-state index in [1.807, 2.05) is 30.3 Å². The molecule has 0 N–H and O–H groups in total. The van der Waals surface area contributed by atoms with E-state index in [1.165, 1.54) is 0 Å². The number of benzene rings is 1. The molecule has 6 heteroatoms. The van der Waals surface area contributed by atoms with Gasteiger partial charge in [0.1, 0.15) is 11.8 Å². The van der Waals surface area contributed by atoms with Gasteiger partial charge in [-0.3, -0.25) is 0 Å². The Bertz CT molecular complexity index is 821. The summed E-state index contributed by atoms with van der Waals surface area (Å²) in [5, 5.41) is 0.746. The third-order valence-electron chi connectivity index (χ3n) is 4.24. The number of halogens is 1. The van der Waals surface area contributed by atoms with E-state index in [4.69, 9.17) is 16.0 Å². The normalized spacial score (nSPS) is 17.4. The molecule has 122 valence electrons. The Hall–Kier alpha value is -2.40. The summed E-state index contributed by atoms with van der Waals surface area (Å²) >= 11 is 6.22. The van der Waals surface area contributed by atoms with E-state index in [0.717, 1.165) is 47.6 Å². The van der Waals surface area contributed by atoms with Crippen LogP contribution in [0.4, 0.5) is 5.95 Å². The van der Waals surface area contributed by atoms with Crippen LogP contribution in [0.3, 0.4) is 0 Å². The molecule has 1 atom stereocenters. The zero-order chi connectivity index (χ0) is 16.4. The first-order valence-electron chi connectivity index (χ1n) is 8.03. The lowest BCUT2D eigenvalue weighted by Gasteiger charge is -2.21. The minimum Gasteiger partial charge on any atom is -0.443 e. The van der Waals surface area contributed by atoms with Crippen molar-refractivity contribution < 1.29 is 4.42 Å². The molecule has 1 aliphatic heterocycles. The lowest BCUT2D eigenvalue weighted by molar-refractivity contribution is 0.423. The maximum Gasteiger partial charge on any atom is 0.225 e. The van der Waals surface area contributed by atoms with Crippen LogP contribution in [-0.4, -0.2) is 21.5 Å². The molecule has 0 saturated carbocycles. The van der Waals surface area contributed by atoms with Crippen LogP contribution in [-0.2, 0) is 6.42 Å². The van der Waals surface area contributed by atoms with Gasteiger partial charge in [0.05, 0.1) is 6.20 Å². The van der Waals surface area contributed by atoms with E-state index in [-0.39, 0.29) is 6.04 Å². The van der Waals surface area contributed by atoms with Gasteiger partial charge < -0.3 is 9.32 Å². The molecule has 0 amide bonds. The third kappa shape index (κ3) is 2.99. The second-order valence-electron chi connectivity index (χ2n) is 5.83. The van der Waals surface area contributed by atoms with Crippen molar-refractivity contribution in [2.24, 2.45) is 0 Å². The largest absolute Gasteiger partial charge is 0.443 e. The summed E-state index contributed by atoms with van der Waals surface area (Å²) in [6.45, 7) is 0.914. The van der Waals surface area contributed by atoms with Crippen LogP contribution >= 0.6 is 11.6 Å². The van der Waals surface area contributed by atoms with E-state index in [1.54, 1.807) is 18.6 Å². The summed E-state index contributed by atoms with van der Waals surface area (Å²) in [5.74, 6) is 2.27.